The lowest BCUT2D eigenvalue weighted by Gasteiger charge is -1.89. The number of unbranched alkanes of at least 4 members (excludes halogenated alkanes) is 2. The lowest BCUT2D eigenvalue weighted by Crippen LogP contribution is -1.86. The lowest BCUT2D eigenvalue weighted by molar-refractivity contribution is -0.116. The number of hydrogen-bond acceptors (Lipinski definition) is 1. The van der Waals surface area contributed by atoms with Crippen LogP contribution in [0.4, 0.5) is 0 Å². The van der Waals surface area contributed by atoms with Crippen LogP contribution in [-0.4, -0.2) is 5.78 Å². The average Bonchev–Trinajstić information content (AvgIpc) is 1.96. The molecule has 0 spiro atoms. The molecule has 0 radical (unpaired) electrons. The van der Waals surface area contributed by atoms with Crippen molar-refractivity contribution in [2.75, 3.05) is 0 Å². The molecule has 0 rings (SSSR count). The summed E-state index contributed by atoms with van der Waals surface area (Å²) < 4.78 is 0. The molecule has 0 amide bonds. The molecule has 0 aromatic carbocycles. The Hall–Kier alpha value is -0.590. The Balaban J connectivity index is 3.10. The van der Waals surface area contributed by atoms with Gasteiger partial charge in [-0.1, -0.05) is 31.9 Å². The third-order valence-electron chi connectivity index (χ3n) is 1.55. The minimum absolute atomic E-state index is 0.283. The van der Waals surface area contributed by atoms with Gasteiger partial charge in [-0.2, -0.15) is 0 Å². The summed E-state index contributed by atoms with van der Waals surface area (Å²) in [4.78, 5) is 10.5. The molecule has 64 valence electrons. The highest BCUT2D eigenvalue weighted by molar-refractivity contribution is 5.75. The quantitative estimate of drug-likeness (QED) is 0.424. The van der Waals surface area contributed by atoms with Gasteiger partial charge in [-0.3, -0.25) is 0 Å². The molecule has 1 nitrogen and oxygen atoms in total. The summed E-state index contributed by atoms with van der Waals surface area (Å²) in [5, 5.41) is 0. The minimum Gasteiger partial charge on any atom is -0.300 e. The van der Waals surface area contributed by atoms with Gasteiger partial charge in [0.1, 0.15) is 5.78 Å². The van der Waals surface area contributed by atoms with E-state index in [9.17, 15) is 4.79 Å². The number of allylic oxidation sites excluding steroid dienone is 2. The van der Waals surface area contributed by atoms with Gasteiger partial charge in [0.05, 0.1) is 0 Å². The smallest absolute Gasteiger partial charge is 0.130 e. The molecule has 0 N–H and O–H groups in total. The van der Waals surface area contributed by atoms with Crippen LogP contribution < -0.4 is 0 Å². The molecule has 0 aliphatic rings. The fraction of sp³-hybridized carbons (Fsp3) is 0.700. The van der Waals surface area contributed by atoms with Crippen LogP contribution in [0.3, 0.4) is 0 Å². The maximum atomic E-state index is 10.5. The van der Waals surface area contributed by atoms with Crippen molar-refractivity contribution in [3.8, 4) is 0 Å². The summed E-state index contributed by atoms with van der Waals surface area (Å²) in [6.07, 6.45) is 9.56. The lowest BCUT2D eigenvalue weighted by atomic mass is 10.2. The van der Waals surface area contributed by atoms with Crippen molar-refractivity contribution >= 4 is 5.78 Å². The second kappa shape index (κ2) is 7.52. The highest BCUT2D eigenvalue weighted by atomic mass is 16.1. The molecule has 0 fully saturated rings. The second-order valence-electron chi connectivity index (χ2n) is 2.85. The first-order chi connectivity index (χ1) is 5.27. The van der Waals surface area contributed by atoms with Crippen molar-refractivity contribution < 1.29 is 4.79 Å². The standard InChI is InChI=1S/C10H18O/c1-3-4-5-6-7-8-9-10(2)11/h6-7H,3-5,8-9H2,1-2H3/b7-6+. The molecular formula is C10H18O. The molecule has 1 heteroatoms. The molecular weight excluding hydrogens is 136 g/mol. The largest absolute Gasteiger partial charge is 0.300 e. The Morgan fingerprint density at radius 1 is 1.27 bits per heavy atom. The van der Waals surface area contributed by atoms with Crippen LogP contribution in [0.5, 0.6) is 0 Å². The molecule has 0 aliphatic carbocycles. The number of carbonyl (C=O) groups excluding carboxylic acids is 1. The van der Waals surface area contributed by atoms with Gasteiger partial charge < -0.3 is 4.79 Å². The van der Waals surface area contributed by atoms with Gasteiger partial charge in [-0.25, -0.2) is 0 Å². The van der Waals surface area contributed by atoms with Gasteiger partial charge in [-0.15, -0.1) is 0 Å². The van der Waals surface area contributed by atoms with Crippen LogP contribution in [0.15, 0.2) is 12.2 Å². The van der Waals surface area contributed by atoms with Crippen molar-refractivity contribution in [1.29, 1.82) is 0 Å². The summed E-state index contributed by atoms with van der Waals surface area (Å²) >= 11 is 0. The van der Waals surface area contributed by atoms with Crippen LogP contribution in [0.1, 0.15) is 46.0 Å². The molecule has 0 saturated carbocycles. The van der Waals surface area contributed by atoms with Crippen LogP contribution in [0.25, 0.3) is 0 Å². The van der Waals surface area contributed by atoms with E-state index >= 15 is 0 Å². The monoisotopic (exact) mass is 154 g/mol. The zero-order valence-electron chi connectivity index (χ0n) is 7.60. The normalized spacial score (nSPS) is 10.7. The van der Waals surface area contributed by atoms with Gasteiger partial charge in [0, 0.05) is 6.42 Å². The van der Waals surface area contributed by atoms with E-state index in [1.807, 2.05) is 0 Å². The average molecular weight is 154 g/mol. The number of Topliss-reactive ketones (excluding diaryl/α,β-unsaturated/α-hetero) is 1. The van der Waals surface area contributed by atoms with Gasteiger partial charge in [0.25, 0.3) is 0 Å². The Labute approximate surface area is 69.5 Å². The molecule has 0 heterocycles. The highest BCUT2D eigenvalue weighted by Crippen LogP contribution is 1.98. The fourth-order valence-corrected chi connectivity index (χ4v) is 0.844. The number of carbonyl (C=O) groups is 1. The van der Waals surface area contributed by atoms with Gasteiger partial charge in [0.15, 0.2) is 0 Å². The molecule has 0 aromatic rings. The predicted molar refractivity (Wildman–Crippen MR) is 48.6 cm³/mol. The van der Waals surface area contributed by atoms with Crippen molar-refractivity contribution in [2.45, 2.75) is 46.0 Å². The van der Waals surface area contributed by atoms with Crippen LogP contribution in [-0.2, 0) is 4.79 Å². The summed E-state index contributed by atoms with van der Waals surface area (Å²) in [6, 6.07) is 0. The van der Waals surface area contributed by atoms with E-state index in [1.165, 1.54) is 12.8 Å². The first kappa shape index (κ1) is 10.4. The summed E-state index contributed by atoms with van der Waals surface area (Å²) in [5.41, 5.74) is 0. The Morgan fingerprint density at radius 2 is 1.91 bits per heavy atom. The Morgan fingerprint density at radius 3 is 2.45 bits per heavy atom. The van der Waals surface area contributed by atoms with E-state index < -0.39 is 0 Å². The number of hydrogen-bond donors (Lipinski definition) is 0. The zero-order chi connectivity index (χ0) is 8.53. The van der Waals surface area contributed by atoms with Crippen LogP contribution >= 0.6 is 0 Å². The molecule has 0 atom stereocenters. The van der Waals surface area contributed by atoms with Crippen molar-refractivity contribution in [3.05, 3.63) is 12.2 Å². The topological polar surface area (TPSA) is 17.1 Å². The minimum atomic E-state index is 0.283. The molecule has 0 aromatic heterocycles. The summed E-state index contributed by atoms with van der Waals surface area (Å²) in [7, 11) is 0. The third kappa shape index (κ3) is 9.41. The van der Waals surface area contributed by atoms with E-state index in [-0.39, 0.29) is 5.78 Å². The molecule has 0 unspecified atom stereocenters. The fourth-order valence-electron chi connectivity index (χ4n) is 0.844. The summed E-state index contributed by atoms with van der Waals surface area (Å²) in [6.45, 7) is 3.82. The first-order valence-electron chi connectivity index (χ1n) is 4.41. The predicted octanol–water partition coefficient (Wildman–Crippen LogP) is 3.10. The van der Waals surface area contributed by atoms with E-state index in [0.29, 0.717) is 6.42 Å². The molecule has 0 aliphatic heterocycles. The van der Waals surface area contributed by atoms with Crippen LogP contribution in [0, 0.1) is 0 Å². The Kier molecular flexibility index (Phi) is 7.11. The molecule has 11 heavy (non-hydrogen) atoms. The second-order valence-corrected chi connectivity index (χ2v) is 2.85. The van der Waals surface area contributed by atoms with Crippen molar-refractivity contribution in [2.24, 2.45) is 0 Å². The number of rotatable bonds is 6. The Bertz CT molecular complexity index is 125. The summed E-state index contributed by atoms with van der Waals surface area (Å²) in [5.74, 6) is 0.283. The van der Waals surface area contributed by atoms with Gasteiger partial charge in [0.2, 0.25) is 0 Å². The third-order valence-corrected chi connectivity index (χ3v) is 1.55. The van der Waals surface area contributed by atoms with E-state index in [1.54, 1.807) is 6.92 Å². The molecule has 0 saturated heterocycles. The zero-order valence-corrected chi connectivity index (χ0v) is 7.60. The van der Waals surface area contributed by atoms with E-state index in [2.05, 4.69) is 19.1 Å². The van der Waals surface area contributed by atoms with Crippen molar-refractivity contribution in [1.82, 2.24) is 0 Å². The SMILES string of the molecule is CCCC/C=C/CCC(C)=O. The van der Waals surface area contributed by atoms with Crippen LogP contribution in [0.2, 0.25) is 0 Å². The highest BCUT2D eigenvalue weighted by Gasteiger charge is 1.87. The number of ketones is 1. The maximum absolute atomic E-state index is 10.5. The van der Waals surface area contributed by atoms with Crippen molar-refractivity contribution in [3.63, 3.8) is 0 Å². The van der Waals surface area contributed by atoms with E-state index in [0.717, 1.165) is 12.8 Å². The maximum Gasteiger partial charge on any atom is 0.130 e. The van der Waals surface area contributed by atoms with Gasteiger partial charge in [-0.05, 0) is 19.8 Å². The molecule has 0 bridgehead atoms. The first-order valence-corrected chi connectivity index (χ1v) is 4.41. The van der Waals surface area contributed by atoms with E-state index in [4.69, 9.17) is 0 Å². The van der Waals surface area contributed by atoms with Gasteiger partial charge >= 0.3 is 0 Å².